The zero-order chi connectivity index (χ0) is 22.6. The number of carbonyl (C=O) groups is 3. The van der Waals surface area contributed by atoms with E-state index in [1.54, 1.807) is 37.3 Å². The molecule has 2 heterocycles. The monoisotopic (exact) mass is 426 g/mol. The number of carbonyl (C=O) groups excluding carboxylic acids is 3. The number of anilines is 1. The number of aromatic nitrogens is 1. The van der Waals surface area contributed by atoms with Crippen LogP contribution in [0.2, 0.25) is 0 Å². The van der Waals surface area contributed by atoms with E-state index in [1.165, 1.54) is 10.6 Å². The molecule has 0 radical (unpaired) electrons. The first-order chi connectivity index (χ1) is 14.7. The SMILES string of the molecule is CCOC(=O)NCn1c2c(cc(NC(=O)c3ccccc3)c1=O)C(=O)NCC(C)(C)C2. The van der Waals surface area contributed by atoms with Gasteiger partial charge in [0.1, 0.15) is 12.4 Å². The third-order valence-corrected chi connectivity index (χ3v) is 4.96. The number of nitrogens with zero attached hydrogens (tertiary/aromatic N) is 1. The van der Waals surface area contributed by atoms with Crippen molar-refractivity contribution < 1.29 is 19.1 Å². The Morgan fingerprint density at radius 1 is 1.19 bits per heavy atom. The highest BCUT2D eigenvalue weighted by atomic mass is 16.5. The van der Waals surface area contributed by atoms with Gasteiger partial charge in [-0.05, 0) is 37.0 Å². The number of nitrogens with one attached hydrogen (secondary N) is 3. The highest BCUT2D eigenvalue weighted by Gasteiger charge is 2.31. The van der Waals surface area contributed by atoms with Gasteiger partial charge in [0.25, 0.3) is 17.4 Å². The minimum absolute atomic E-state index is 0.0480. The summed E-state index contributed by atoms with van der Waals surface area (Å²) in [6.07, 6.45) is -0.257. The average Bonchev–Trinajstić information content (AvgIpc) is 2.85. The Kier molecular flexibility index (Phi) is 6.43. The fourth-order valence-electron chi connectivity index (χ4n) is 3.39. The molecule has 164 valence electrons. The highest BCUT2D eigenvalue weighted by Crippen LogP contribution is 2.27. The Labute approximate surface area is 179 Å². The summed E-state index contributed by atoms with van der Waals surface area (Å²) < 4.78 is 6.18. The molecule has 0 atom stereocenters. The highest BCUT2D eigenvalue weighted by molar-refractivity contribution is 6.05. The second kappa shape index (κ2) is 9.03. The van der Waals surface area contributed by atoms with Gasteiger partial charge in [-0.15, -0.1) is 0 Å². The van der Waals surface area contributed by atoms with Gasteiger partial charge < -0.3 is 20.7 Å². The van der Waals surface area contributed by atoms with Crippen molar-refractivity contribution in [3.8, 4) is 0 Å². The molecule has 3 amide bonds. The largest absolute Gasteiger partial charge is 0.450 e. The van der Waals surface area contributed by atoms with Crippen LogP contribution < -0.4 is 21.5 Å². The van der Waals surface area contributed by atoms with E-state index in [1.807, 2.05) is 13.8 Å². The lowest BCUT2D eigenvalue weighted by Gasteiger charge is -2.24. The molecule has 2 aromatic rings. The van der Waals surface area contributed by atoms with Crippen LogP contribution in [0.1, 0.15) is 47.2 Å². The molecule has 0 saturated carbocycles. The van der Waals surface area contributed by atoms with Crippen molar-refractivity contribution in [2.24, 2.45) is 5.41 Å². The van der Waals surface area contributed by atoms with Crippen molar-refractivity contribution in [1.29, 1.82) is 0 Å². The lowest BCUT2D eigenvalue weighted by molar-refractivity contribution is 0.0943. The summed E-state index contributed by atoms with van der Waals surface area (Å²) in [5.74, 6) is -0.822. The number of hydrogen-bond acceptors (Lipinski definition) is 5. The van der Waals surface area contributed by atoms with Gasteiger partial charge in [-0.1, -0.05) is 32.0 Å². The maximum atomic E-state index is 13.2. The number of amides is 3. The topological polar surface area (TPSA) is 119 Å². The first-order valence-corrected chi connectivity index (χ1v) is 10.0. The number of alkyl carbamates (subject to hydrolysis) is 1. The lowest BCUT2D eigenvalue weighted by Crippen LogP contribution is -2.37. The van der Waals surface area contributed by atoms with Gasteiger partial charge >= 0.3 is 6.09 Å². The van der Waals surface area contributed by atoms with Crippen molar-refractivity contribution in [2.45, 2.75) is 33.9 Å². The fraction of sp³-hybridized carbons (Fsp3) is 0.364. The molecule has 1 aliphatic heterocycles. The van der Waals surface area contributed by atoms with Gasteiger partial charge in [-0.25, -0.2) is 4.79 Å². The van der Waals surface area contributed by atoms with Gasteiger partial charge in [0.2, 0.25) is 0 Å². The molecule has 0 bridgehead atoms. The second-order valence-corrected chi connectivity index (χ2v) is 8.05. The molecule has 31 heavy (non-hydrogen) atoms. The van der Waals surface area contributed by atoms with E-state index in [-0.39, 0.29) is 35.8 Å². The zero-order valence-corrected chi connectivity index (χ0v) is 17.8. The van der Waals surface area contributed by atoms with Crippen LogP contribution in [-0.2, 0) is 17.8 Å². The molecule has 9 heteroatoms. The molecule has 1 aromatic heterocycles. The molecule has 9 nitrogen and oxygen atoms in total. The van der Waals surface area contributed by atoms with Crippen molar-refractivity contribution in [3.63, 3.8) is 0 Å². The van der Waals surface area contributed by atoms with Gasteiger partial charge in [0, 0.05) is 17.8 Å². The summed E-state index contributed by atoms with van der Waals surface area (Å²) in [5, 5.41) is 7.97. The van der Waals surface area contributed by atoms with E-state index in [2.05, 4.69) is 16.0 Å². The molecule has 3 N–H and O–H groups in total. The normalized spacial score (nSPS) is 14.6. The van der Waals surface area contributed by atoms with Crippen LogP contribution in [0, 0.1) is 5.41 Å². The van der Waals surface area contributed by atoms with E-state index in [4.69, 9.17) is 4.74 Å². The first kappa shape index (κ1) is 22.1. The Morgan fingerprint density at radius 2 is 1.90 bits per heavy atom. The van der Waals surface area contributed by atoms with Crippen LogP contribution in [0.4, 0.5) is 10.5 Å². The van der Waals surface area contributed by atoms with E-state index < -0.39 is 17.6 Å². The Balaban J connectivity index is 2.05. The molecule has 0 fully saturated rings. The number of ether oxygens (including phenoxy) is 1. The van der Waals surface area contributed by atoms with Gasteiger partial charge in [-0.2, -0.15) is 0 Å². The second-order valence-electron chi connectivity index (χ2n) is 8.05. The quantitative estimate of drug-likeness (QED) is 0.677. The van der Waals surface area contributed by atoms with E-state index in [0.717, 1.165) is 0 Å². The van der Waals surface area contributed by atoms with E-state index in [9.17, 15) is 19.2 Å². The van der Waals surface area contributed by atoms with Gasteiger partial charge in [-0.3, -0.25) is 19.0 Å². The molecule has 0 saturated heterocycles. The molecule has 0 unspecified atom stereocenters. The van der Waals surface area contributed by atoms with Crippen LogP contribution in [0.15, 0.2) is 41.2 Å². The summed E-state index contributed by atoms with van der Waals surface area (Å²) in [4.78, 5) is 50.4. The van der Waals surface area contributed by atoms with Crippen molar-refractivity contribution in [1.82, 2.24) is 15.2 Å². The minimum Gasteiger partial charge on any atom is -0.450 e. The molecule has 0 aliphatic carbocycles. The third kappa shape index (κ3) is 5.11. The zero-order valence-electron chi connectivity index (χ0n) is 17.8. The summed E-state index contributed by atoms with van der Waals surface area (Å²) in [7, 11) is 0. The van der Waals surface area contributed by atoms with Gasteiger partial charge in [0.15, 0.2) is 0 Å². The predicted octanol–water partition coefficient (Wildman–Crippen LogP) is 2.12. The summed E-state index contributed by atoms with van der Waals surface area (Å²) >= 11 is 0. The number of hydrogen-bond donors (Lipinski definition) is 3. The van der Waals surface area contributed by atoms with Crippen LogP contribution in [0.25, 0.3) is 0 Å². The van der Waals surface area contributed by atoms with Crippen LogP contribution in [0.5, 0.6) is 0 Å². The molecular formula is C22H26N4O5. The summed E-state index contributed by atoms with van der Waals surface area (Å²) in [6.45, 7) is 6.03. The van der Waals surface area contributed by atoms with Crippen LogP contribution in [0.3, 0.4) is 0 Å². The Morgan fingerprint density at radius 3 is 2.58 bits per heavy atom. The maximum absolute atomic E-state index is 13.2. The molecule has 3 rings (SSSR count). The smallest absolute Gasteiger partial charge is 0.408 e. The summed E-state index contributed by atoms with van der Waals surface area (Å²) in [5.41, 5.74) is 0.254. The van der Waals surface area contributed by atoms with Crippen molar-refractivity contribution in [2.75, 3.05) is 18.5 Å². The Bertz CT molecular complexity index is 1060. The third-order valence-electron chi connectivity index (χ3n) is 4.96. The van der Waals surface area contributed by atoms with Gasteiger partial charge in [0.05, 0.1) is 12.2 Å². The van der Waals surface area contributed by atoms with Crippen LogP contribution in [-0.4, -0.2) is 35.6 Å². The average molecular weight is 426 g/mol. The van der Waals surface area contributed by atoms with Crippen LogP contribution >= 0.6 is 0 Å². The van der Waals surface area contributed by atoms with E-state index in [0.29, 0.717) is 24.2 Å². The standard InChI is InChI=1S/C22H26N4O5/c1-4-31-21(30)24-13-26-17-11-22(2,3)12-23-19(28)15(17)10-16(20(26)29)25-18(27)14-8-6-5-7-9-14/h5-10H,4,11-13H2,1-3H3,(H,23,28)(H,24,30)(H,25,27). The molecule has 1 aromatic carbocycles. The minimum atomic E-state index is -0.681. The number of rotatable bonds is 5. The molecule has 1 aliphatic rings. The Hall–Kier alpha value is -3.62. The predicted molar refractivity (Wildman–Crippen MR) is 115 cm³/mol. The number of pyridine rings is 1. The van der Waals surface area contributed by atoms with E-state index >= 15 is 0 Å². The van der Waals surface area contributed by atoms with Crippen molar-refractivity contribution in [3.05, 3.63) is 63.6 Å². The first-order valence-electron chi connectivity index (χ1n) is 10.0. The molecule has 0 spiro atoms. The number of fused-ring (bicyclic) bond motifs is 1. The molecular weight excluding hydrogens is 400 g/mol. The summed E-state index contributed by atoms with van der Waals surface area (Å²) in [6, 6.07) is 9.84. The maximum Gasteiger partial charge on any atom is 0.408 e. The fourth-order valence-corrected chi connectivity index (χ4v) is 3.39. The number of benzene rings is 1. The van der Waals surface area contributed by atoms with Crippen molar-refractivity contribution >= 4 is 23.6 Å². The lowest BCUT2D eigenvalue weighted by atomic mass is 9.87.